The molecule has 0 aliphatic carbocycles. The molecule has 0 saturated heterocycles. The molecule has 0 amide bonds. The third kappa shape index (κ3) is 6.18. The Labute approximate surface area is 165 Å². The molecule has 0 unspecified atom stereocenters. The lowest BCUT2D eigenvalue weighted by Crippen LogP contribution is -2.21. The zero-order chi connectivity index (χ0) is 21.4. The van der Waals surface area contributed by atoms with Crippen LogP contribution in [-0.2, 0) is 11.3 Å². The van der Waals surface area contributed by atoms with Gasteiger partial charge in [-0.05, 0) is 30.2 Å². The van der Waals surface area contributed by atoms with Crippen molar-refractivity contribution in [1.82, 2.24) is 14.6 Å². The van der Waals surface area contributed by atoms with Gasteiger partial charge in [0.1, 0.15) is 5.82 Å². The first-order valence-electron chi connectivity index (χ1n) is 8.94. The largest absolute Gasteiger partial charge is 0.490 e. The summed E-state index contributed by atoms with van der Waals surface area (Å²) in [7, 11) is 0. The lowest BCUT2D eigenvalue weighted by molar-refractivity contribution is -0.192. The van der Waals surface area contributed by atoms with Crippen LogP contribution in [0, 0.1) is 0 Å². The predicted molar refractivity (Wildman–Crippen MR) is 103 cm³/mol. The van der Waals surface area contributed by atoms with Gasteiger partial charge < -0.3 is 16.2 Å². The number of benzene rings is 1. The summed E-state index contributed by atoms with van der Waals surface area (Å²) in [5, 5.41) is 15.1. The van der Waals surface area contributed by atoms with Crippen LogP contribution in [0.4, 0.5) is 19.0 Å². The normalized spacial score (nSPS) is 11.1. The van der Waals surface area contributed by atoms with E-state index in [0.29, 0.717) is 6.54 Å². The number of imidazole rings is 1. The van der Waals surface area contributed by atoms with Crippen LogP contribution in [0.25, 0.3) is 16.9 Å². The molecule has 0 spiro atoms. The average Bonchev–Trinajstić information content (AvgIpc) is 3.11. The van der Waals surface area contributed by atoms with Crippen LogP contribution in [-0.4, -0.2) is 38.4 Å². The number of carboxylic acid groups (broad SMARTS) is 1. The number of nitrogens with zero attached hydrogens (tertiary/aromatic N) is 3. The van der Waals surface area contributed by atoms with E-state index < -0.39 is 12.1 Å². The molecule has 0 aliphatic heterocycles. The number of aliphatic carboxylic acids is 1. The molecule has 29 heavy (non-hydrogen) atoms. The van der Waals surface area contributed by atoms with Gasteiger partial charge >= 0.3 is 12.1 Å². The minimum Gasteiger partial charge on any atom is -0.475 e. The van der Waals surface area contributed by atoms with Crippen molar-refractivity contribution in [3.8, 4) is 11.3 Å². The lowest BCUT2D eigenvalue weighted by atomic mass is 10.1. The number of nitrogens with one attached hydrogen (secondary N) is 1. The molecule has 0 fully saturated rings. The van der Waals surface area contributed by atoms with E-state index in [-0.39, 0.29) is 0 Å². The van der Waals surface area contributed by atoms with Crippen LogP contribution in [0.5, 0.6) is 0 Å². The number of nitrogens with two attached hydrogens (primary N) is 1. The van der Waals surface area contributed by atoms with Gasteiger partial charge in [0, 0.05) is 18.7 Å². The highest BCUT2D eigenvalue weighted by Gasteiger charge is 2.38. The fourth-order valence-electron chi connectivity index (χ4n) is 2.42. The van der Waals surface area contributed by atoms with Crippen molar-refractivity contribution in [3.05, 3.63) is 48.2 Å². The summed E-state index contributed by atoms with van der Waals surface area (Å²) in [6, 6.07) is 12.1. The Hall–Kier alpha value is -3.14. The molecule has 10 heteroatoms. The van der Waals surface area contributed by atoms with Gasteiger partial charge in [-0.25, -0.2) is 14.3 Å². The maximum atomic E-state index is 10.6. The topological polar surface area (TPSA) is 106 Å². The van der Waals surface area contributed by atoms with E-state index >= 15 is 0 Å². The van der Waals surface area contributed by atoms with E-state index in [1.54, 1.807) is 0 Å². The molecule has 156 valence electrons. The zero-order valence-electron chi connectivity index (χ0n) is 15.8. The van der Waals surface area contributed by atoms with Crippen LogP contribution in [0.2, 0.25) is 0 Å². The number of fused-ring (bicyclic) bond motifs is 1. The van der Waals surface area contributed by atoms with Crippen molar-refractivity contribution in [2.45, 2.75) is 32.5 Å². The number of carbonyl (C=O) groups is 1. The Kier molecular flexibility index (Phi) is 7.54. The maximum absolute atomic E-state index is 10.6. The number of alkyl halides is 3. The second kappa shape index (κ2) is 9.87. The monoisotopic (exact) mass is 409 g/mol. The molecule has 0 aliphatic rings. The maximum Gasteiger partial charge on any atom is 0.490 e. The molecule has 0 saturated carbocycles. The minimum atomic E-state index is -5.08. The highest BCUT2D eigenvalue weighted by atomic mass is 19.4. The molecule has 7 nitrogen and oxygen atoms in total. The van der Waals surface area contributed by atoms with Crippen molar-refractivity contribution in [2.24, 2.45) is 5.73 Å². The van der Waals surface area contributed by atoms with Gasteiger partial charge in [0.2, 0.25) is 0 Å². The third-order valence-corrected chi connectivity index (χ3v) is 3.90. The van der Waals surface area contributed by atoms with Gasteiger partial charge in [0.05, 0.1) is 11.9 Å². The molecular weight excluding hydrogens is 387 g/mol. The zero-order valence-corrected chi connectivity index (χ0v) is 15.8. The van der Waals surface area contributed by atoms with Gasteiger partial charge in [-0.3, -0.25) is 0 Å². The van der Waals surface area contributed by atoms with Gasteiger partial charge in [-0.1, -0.05) is 31.5 Å². The van der Waals surface area contributed by atoms with Crippen molar-refractivity contribution < 1.29 is 23.1 Å². The molecule has 4 N–H and O–H groups in total. The van der Waals surface area contributed by atoms with Crippen molar-refractivity contribution in [2.75, 3.05) is 11.9 Å². The highest BCUT2D eigenvalue weighted by molar-refractivity contribution is 5.73. The molecule has 0 radical (unpaired) electrons. The lowest BCUT2D eigenvalue weighted by Gasteiger charge is -2.07. The van der Waals surface area contributed by atoms with Crippen LogP contribution in [0.3, 0.4) is 0 Å². The Balaban J connectivity index is 0.000000370. The van der Waals surface area contributed by atoms with E-state index in [1.165, 1.54) is 0 Å². The van der Waals surface area contributed by atoms with E-state index in [9.17, 15) is 13.2 Å². The summed E-state index contributed by atoms with van der Waals surface area (Å²) in [4.78, 5) is 13.3. The molecule has 0 bridgehead atoms. The fraction of sp³-hybridized carbons (Fsp3) is 0.316. The van der Waals surface area contributed by atoms with Crippen molar-refractivity contribution in [1.29, 1.82) is 0 Å². The molecule has 3 rings (SSSR count). The highest BCUT2D eigenvalue weighted by Crippen LogP contribution is 2.22. The first-order chi connectivity index (χ1) is 13.8. The summed E-state index contributed by atoms with van der Waals surface area (Å²) in [5.74, 6) is -1.89. The van der Waals surface area contributed by atoms with Gasteiger partial charge in [-0.15, -0.1) is 5.10 Å². The Morgan fingerprint density at radius 3 is 2.62 bits per heavy atom. The summed E-state index contributed by atoms with van der Waals surface area (Å²) in [5.41, 5.74) is 9.73. The van der Waals surface area contributed by atoms with E-state index in [4.69, 9.17) is 15.6 Å². The van der Waals surface area contributed by atoms with E-state index in [1.807, 2.05) is 35.0 Å². The molecular formula is C19H22F3N5O2. The minimum absolute atomic E-state index is 0.530. The van der Waals surface area contributed by atoms with Crippen LogP contribution in [0.15, 0.2) is 42.6 Å². The van der Waals surface area contributed by atoms with Gasteiger partial charge in [-0.2, -0.15) is 13.2 Å². The van der Waals surface area contributed by atoms with Crippen LogP contribution in [0.1, 0.15) is 25.3 Å². The van der Waals surface area contributed by atoms with Crippen LogP contribution >= 0.6 is 0 Å². The Bertz CT molecular complexity index is 956. The Morgan fingerprint density at radius 1 is 1.28 bits per heavy atom. The molecule has 0 atom stereocenters. The molecule has 3 aromatic rings. The Morgan fingerprint density at radius 2 is 2.00 bits per heavy atom. The number of aromatic nitrogens is 3. The molecule has 1 aromatic carbocycles. The van der Waals surface area contributed by atoms with Crippen LogP contribution < -0.4 is 11.1 Å². The number of halogens is 3. The summed E-state index contributed by atoms with van der Waals surface area (Å²) in [6.07, 6.45) is -0.930. The van der Waals surface area contributed by atoms with E-state index in [2.05, 4.69) is 34.5 Å². The average molecular weight is 409 g/mol. The molecule has 2 aromatic heterocycles. The predicted octanol–water partition coefficient (Wildman–Crippen LogP) is 3.70. The summed E-state index contributed by atoms with van der Waals surface area (Å²) in [6.45, 7) is 3.64. The summed E-state index contributed by atoms with van der Waals surface area (Å²) < 4.78 is 33.6. The number of hydrogen-bond acceptors (Lipinski definition) is 5. The first kappa shape index (κ1) is 22.2. The second-order valence-corrected chi connectivity index (χ2v) is 6.12. The van der Waals surface area contributed by atoms with Crippen molar-refractivity contribution >= 4 is 17.4 Å². The molecule has 2 heterocycles. The SMILES string of the molecule is CCCCNc1ccc2ncc(-c3cccc(CN)c3)n2n1.O=C(O)C(F)(F)F. The van der Waals surface area contributed by atoms with E-state index in [0.717, 1.165) is 47.7 Å². The number of carboxylic acids is 1. The summed E-state index contributed by atoms with van der Waals surface area (Å²) >= 11 is 0. The second-order valence-electron chi connectivity index (χ2n) is 6.12. The van der Waals surface area contributed by atoms with Gasteiger partial charge in [0.25, 0.3) is 0 Å². The van der Waals surface area contributed by atoms with Crippen molar-refractivity contribution in [3.63, 3.8) is 0 Å². The smallest absolute Gasteiger partial charge is 0.475 e. The quantitative estimate of drug-likeness (QED) is 0.536. The third-order valence-electron chi connectivity index (χ3n) is 3.90. The fourth-order valence-corrected chi connectivity index (χ4v) is 2.42. The number of rotatable bonds is 6. The number of anilines is 1. The van der Waals surface area contributed by atoms with Gasteiger partial charge in [0.15, 0.2) is 5.65 Å². The number of unbranched alkanes of at least 4 members (excludes halogenated alkanes) is 1. The standard InChI is InChI=1S/C17H21N5.C2HF3O2/c1-2-3-9-19-16-7-8-17-20-12-15(22(17)21-16)14-6-4-5-13(10-14)11-18;3-2(4,5)1(6)7/h4-8,10,12H,2-3,9,11,18H2,1H3,(H,19,21);(H,6,7). The number of hydrogen-bond donors (Lipinski definition) is 3. The first-order valence-corrected chi connectivity index (χ1v) is 8.94.